The summed E-state index contributed by atoms with van der Waals surface area (Å²) >= 11 is 0. The molecule has 2 rings (SSSR count). The fourth-order valence-electron chi connectivity index (χ4n) is 1.51. The van der Waals surface area contributed by atoms with E-state index >= 15 is 0 Å². The third kappa shape index (κ3) is 1.07. The molecule has 0 saturated carbocycles. The molecule has 12 heavy (non-hydrogen) atoms. The molecule has 1 aliphatic heterocycles. The molecule has 0 aromatic heterocycles. The number of anilines is 3. The maximum Gasteiger partial charge on any atom is 0.0601 e. The Balaban J connectivity index is 2.46. The van der Waals surface area contributed by atoms with Gasteiger partial charge in [0.1, 0.15) is 0 Å². The Morgan fingerprint density at radius 1 is 1.50 bits per heavy atom. The van der Waals surface area contributed by atoms with Crippen LogP contribution in [0.2, 0.25) is 0 Å². The first-order chi connectivity index (χ1) is 5.77. The van der Waals surface area contributed by atoms with E-state index in [0.717, 1.165) is 24.5 Å². The van der Waals surface area contributed by atoms with Crippen molar-refractivity contribution in [2.45, 2.75) is 0 Å². The summed E-state index contributed by atoms with van der Waals surface area (Å²) in [5.74, 6) is 0. The maximum atomic E-state index is 5.67. The highest BCUT2D eigenvalue weighted by atomic mass is 15.2. The topological polar surface area (TPSA) is 41.3 Å². The summed E-state index contributed by atoms with van der Waals surface area (Å²) in [6.45, 7) is 2.05. The zero-order valence-corrected chi connectivity index (χ0v) is 7.17. The van der Waals surface area contributed by atoms with Crippen molar-refractivity contribution in [3.63, 3.8) is 0 Å². The van der Waals surface area contributed by atoms with E-state index in [-0.39, 0.29) is 0 Å². The maximum absolute atomic E-state index is 5.67. The molecule has 1 aromatic carbocycles. The van der Waals surface area contributed by atoms with Crippen molar-refractivity contribution in [1.29, 1.82) is 0 Å². The molecule has 1 heterocycles. The minimum Gasteiger partial charge on any atom is -0.399 e. The Hall–Kier alpha value is -1.38. The third-order valence-corrected chi connectivity index (χ3v) is 2.19. The molecule has 0 radical (unpaired) electrons. The van der Waals surface area contributed by atoms with Crippen LogP contribution in [0, 0.1) is 0 Å². The first kappa shape index (κ1) is 7.28. The first-order valence-electron chi connectivity index (χ1n) is 4.12. The predicted molar refractivity (Wildman–Crippen MR) is 52.6 cm³/mol. The van der Waals surface area contributed by atoms with Crippen LogP contribution in [0.4, 0.5) is 17.1 Å². The summed E-state index contributed by atoms with van der Waals surface area (Å²) < 4.78 is 0. The van der Waals surface area contributed by atoms with Crippen LogP contribution in [0.3, 0.4) is 0 Å². The molecule has 0 atom stereocenters. The summed E-state index contributed by atoms with van der Waals surface area (Å²) in [7, 11) is 2.09. The van der Waals surface area contributed by atoms with Crippen LogP contribution in [0.15, 0.2) is 18.2 Å². The fourth-order valence-corrected chi connectivity index (χ4v) is 1.51. The van der Waals surface area contributed by atoms with Gasteiger partial charge in [-0.05, 0) is 18.2 Å². The fraction of sp³-hybridized carbons (Fsp3) is 0.333. The minimum absolute atomic E-state index is 0.816. The Kier molecular flexibility index (Phi) is 1.57. The monoisotopic (exact) mass is 163 g/mol. The van der Waals surface area contributed by atoms with Crippen molar-refractivity contribution in [1.82, 2.24) is 0 Å². The molecule has 0 spiro atoms. The molecule has 0 aliphatic carbocycles. The first-order valence-corrected chi connectivity index (χ1v) is 4.12. The van der Waals surface area contributed by atoms with Crippen LogP contribution >= 0.6 is 0 Å². The van der Waals surface area contributed by atoms with Crippen LogP contribution in [0.5, 0.6) is 0 Å². The van der Waals surface area contributed by atoms with E-state index in [0.29, 0.717) is 0 Å². The van der Waals surface area contributed by atoms with Crippen LogP contribution in [0.25, 0.3) is 0 Å². The summed E-state index contributed by atoms with van der Waals surface area (Å²) in [5.41, 5.74) is 8.86. The van der Waals surface area contributed by atoms with E-state index < -0.39 is 0 Å². The highest BCUT2D eigenvalue weighted by Gasteiger charge is 2.11. The van der Waals surface area contributed by atoms with Crippen LogP contribution in [-0.4, -0.2) is 20.1 Å². The second kappa shape index (κ2) is 2.59. The van der Waals surface area contributed by atoms with Gasteiger partial charge in [-0.3, -0.25) is 0 Å². The van der Waals surface area contributed by atoms with Crippen LogP contribution in [0.1, 0.15) is 0 Å². The third-order valence-electron chi connectivity index (χ3n) is 2.19. The number of fused-ring (bicyclic) bond motifs is 1. The molecule has 0 unspecified atom stereocenters. The number of hydrogen-bond acceptors (Lipinski definition) is 3. The van der Waals surface area contributed by atoms with Gasteiger partial charge in [0, 0.05) is 25.8 Å². The van der Waals surface area contributed by atoms with Gasteiger partial charge in [0.15, 0.2) is 0 Å². The van der Waals surface area contributed by atoms with Gasteiger partial charge in [-0.2, -0.15) is 0 Å². The van der Waals surface area contributed by atoms with Crippen molar-refractivity contribution in [3.8, 4) is 0 Å². The number of nitrogens with two attached hydrogens (primary N) is 1. The summed E-state index contributed by atoms with van der Waals surface area (Å²) in [4.78, 5) is 2.23. The van der Waals surface area contributed by atoms with Gasteiger partial charge in [-0.1, -0.05) is 0 Å². The van der Waals surface area contributed by atoms with Gasteiger partial charge in [0.25, 0.3) is 0 Å². The molecule has 0 amide bonds. The standard InChI is InChI=1S/C9H13N3/c1-12-5-4-11-8-6-7(10)2-3-9(8)12/h2-3,6,11H,4-5,10H2,1H3. The number of nitrogens with zero attached hydrogens (tertiary/aromatic N) is 1. The van der Waals surface area contributed by atoms with Crippen molar-refractivity contribution < 1.29 is 0 Å². The molecular weight excluding hydrogens is 150 g/mol. The molecule has 1 aromatic rings. The second-order valence-electron chi connectivity index (χ2n) is 3.12. The quantitative estimate of drug-likeness (QED) is 0.563. The lowest BCUT2D eigenvalue weighted by atomic mass is 10.2. The SMILES string of the molecule is CN1CCNc2cc(N)ccc21. The minimum atomic E-state index is 0.816. The van der Waals surface area contributed by atoms with Gasteiger partial charge in [-0.25, -0.2) is 0 Å². The molecule has 0 bridgehead atoms. The van der Waals surface area contributed by atoms with E-state index in [9.17, 15) is 0 Å². The molecule has 0 fully saturated rings. The molecule has 3 nitrogen and oxygen atoms in total. The number of nitrogens with one attached hydrogen (secondary N) is 1. The number of benzene rings is 1. The summed E-state index contributed by atoms with van der Waals surface area (Å²) in [6, 6.07) is 5.96. The van der Waals surface area contributed by atoms with Crippen molar-refractivity contribution in [2.75, 3.05) is 36.1 Å². The normalized spacial score (nSPS) is 15.2. The molecule has 3 heteroatoms. The largest absolute Gasteiger partial charge is 0.399 e. The van der Waals surface area contributed by atoms with Crippen molar-refractivity contribution in [3.05, 3.63) is 18.2 Å². The predicted octanol–water partition coefficient (Wildman–Crippen LogP) is 1.13. The molecule has 1 aliphatic rings. The van der Waals surface area contributed by atoms with E-state index in [2.05, 4.69) is 23.3 Å². The number of likely N-dealkylation sites (N-methyl/N-ethyl adjacent to an activating group) is 1. The van der Waals surface area contributed by atoms with Gasteiger partial charge in [0.05, 0.1) is 11.4 Å². The van der Waals surface area contributed by atoms with E-state index in [1.807, 2.05) is 12.1 Å². The smallest absolute Gasteiger partial charge is 0.0601 e. The van der Waals surface area contributed by atoms with E-state index in [1.54, 1.807) is 0 Å². The van der Waals surface area contributed by atoms with Crippen LogP contribution in [-0.2, 0) is 0 Å². The second-order valence-corrected chi connectivity index (χ2v) is 3.12. The Morgan fingerprint density at radius 2 is 2.33 bits per heavy atom. The Morgan fingerprint density at radius 3 is 3.17 bits per heavy atom. The van der Waals surface area contributed by atoms with E-state index in [1.165, 1.54) is 5.69 Å². The lowest BCUT2D eigenvalue weighted by Crippen LogP contribution is -2.30. The van der Waals surface area contributed by atoms with Crippen molar-refractivity contribution >= 4 is 17.1 Å². The molecular formula is C9H13N3. The highest BCUT2D eigenvalue weighted by Crippen LogP contribution is 2.29. The Labute approximate surface area is 72.2 Å². The summed E-state index contributed by atoms with van der Waals surface area (Å²) in [6.07, 6.45) is 0. The van der Waals surface area contributed by atoms with Gasteiger partial charge >= 0.3 is 0 Å². The number of rotatable bonds is 0. The summed E-state index contributed by atoms with van der Waals surface area (Å²) in [5, 5.41) is 3.31. The zero-order chi connectivity index (χ0) is 8.55. The lowest BCUT2D eigenvalue weighted by Gasteiger charge is -2.28. The zero-order valence-electron chi connectivity index (χ0n) is 7.17. The van der Waals surface area contributed by atoms with E-state index in [4.69, 9.17) is 5.73 Å². The van der Waals surface area contributed by atoms with Crippen molar-refractivity contribution in [2.24, 2.45) is 0 Å². The number of hydrogen-bond donors (Lipinski definition) is 2. The van der Waals surface area contributed by atoms with Gasteiger partial charge in [-0.15, -0.1) is 0 Å². The molecule has 0 saturated heterocycles. The Bertz CT molecular complexity index is 296. The number of nitrogen functional groups attached to an aromatic ring is 1. The highest BCUT2D eigenvalue weighted by molar-refractivity contribution is 5.75. The van der Waals surface area contributed by atoms with Gasteiger partial charge < -0.3 is 16.0 Å². The molecule has 3 N–H and O–H groups in total. The van der Waals surface area contributed by atoms with Crippen LogP contribution < -0.4 is 16.0 Å². The molecule has 64 valence electrons. The van der Waals surface area contributed by atoms with Gasteiger partial charge in [0.2, 0.25) is 0 Å². The average Bonchev–Trinajstić information content (AvgIpc) is 2.04. The lowest BCUT2D eigenvalue weighted by molar-refractivity contribution is 0.887. The average molecular weight is 163 g/mol.